The van der Waals surface area contributed by atoms with Crippen LogP contribution in [-0.2, 0) is 26.2 Å². The average Bonchev–Trinajstić information content (AvgIpc) is 3.47. The summed E-state index contributed by atoms with van der Waals surface area (Å²) in [4.78, 5) is 29.3. The maximum atomic E-state index is 14.2. The van der Waals surface area contributed by atoms with E-state index in [2.05, 4.69) is 5.32 Å². The van der Waals surface area contributed by atoms with Gasteiger partial charge < -0.3 is 10.2 Å². The average molecular weight is 617 g/mol. The number of rotatable bonds is 11. The van der Waals surface area contributed by atoms with Gasteiger partial charge in [0, 0.05) is 12.6 Å². The first kappa shape index (κ1) is 30.9. The normalized spacial score (nSPS) is 14.4. The number of benzene rings is 3. The van der Waals surface area contributed by atoms with Crippen molar-refractivity contribution in [3.8, 4) is 0 Å². The number of nitrogens with one attached hydrogen (secondary N) is 1. The van der Waals surface area contributed by atoms with Crippen LogP contribution in [0.3, 0.4) is 0 Å². The van der Waals surface area contributed by atoms with E-state index in [-0.39, 0.29) is 39.1 Å². The Kier molecular flexibility index (Phi) is 10.3. The number of hydrogen-bond acceptors (Lipinski definition) is 4. The lowest BCUT2D eigenvalue weighted by Gasteiger charge is -2.34. The minimum Gasteiger partial charge on any atom is -0.352 e. The lowest BCUT2D eigenvalue weighted by molar-refractivity contribution is -0.140. The molecule has 1 aliphatic rings. The molecule has 0 unspecified atom stereocenters. The number of sulfonamides is 1. The van der Waals surface area contributed by atoms with E-state index in [0.29, 0.717) is 6.42 Å². The molecule has 1 N–H and O–H groups in total. The van der Waals surface area contributed by atoms with E-state index >= 15 is 0 Å². The van der Waals surface area contributed by atoms with Crippen LogP contribution >= 0.6 is 23.2 Å². The quantitative estimate of drug-likeness (QED) is 0.272. The minimum atomic E-state index is -4.18. The first-order chi connectivity index (χ1) is 19.6. The van der Waals surface area contributed by atoms with Gasteiger partial charge in [-0.3, -0.25) is 13.9 Å². The molecule has 0 spiro atoms. The van der Waals surface area contributed by atoms with Gasteiger partial charge in [-0.1, -0.05) is 85.4 Å². The van der Waals surface area contributed by atoms with Gasteiger partial charge >= 0.3 is 0 Å². The van der Waals surface area contributed by atoms with Crippen LogP contribution in [0.2, 0.25) is 10.0 Å². The molecule has 0 aliphatic heterocycles. The van der Waals surface area contributed by atoms with Crippen molar-refractivity contribution >= 4 is 50.7 Å². The van der Waals surface area contributed by atoms with Gasteiger partial charge in [0.05, 0.1) is 20.6 Å². The summed E-state index contributed by atoms with van der Waals surface area (Å²) in [5, 5.41) is 3.54. The number of halogens is 2. The lowest BCUT2D eigenvalue weighted by atomic mass is 10.1. The predicted octanol–water partition coefficient (Wildman–Crippen LogP) is 6.36. The molecule has 218 valence electrons. The number of aryl methyl sites for hydroxylation is 1. The molecule has 1 saturated carbocycles. The van der Waals surface area contributed by atoms with Gasteiger partial charge in [-0.2, -0.15) is 0 Å². The molecule has 4 rings (SSSR count). The van der Waals surface area contributed by atoms with Crippen molar-refractivity contribution in [1.82, 2.24) is 10.2 Å². The summed E-state index contributed by atoms with van der Waals surface area (Å²) in [6.07, 6.45) is 4.31. The Balaban J connectivity index is 1.73. The summed E-state index contributed by atoms with van der Waals surface area (Å²) in [5.41, 5.74) is 2.03. The zero-order valence-electron chi connectivity index (χ0n) is 23.2. The van der Waals surface area contributed by atoms with Crippen LogP contribution in [0.4, 0.5) is 5.69 Å². The third-order valence-electron chi connectivity index (χ3n) is 7.49. The van der Waals surface area contributed by atoms with Crippen LogP contribution < -0.4 is 9.62 Å². The first-order valence-electron chi connectivity index (χ1n) is 13.8. The van der Waals surface area contributed by atoms with Gasteiger partial charge in [-0.25, -0.2) is 8.42 Å². The maximum absolute atomic E-state index is 14.2. The van der Waals surface area contributed by atoms with E-state index in [1.165, 1.54) is 35.2 Å². The van der Waals surface area contributed by atoms with Crippen LogP contribution in [-0.4, -0.2) is 43.8 Å². The van der Waals surface area contributed by atoms with Crippen LogP contribution in [0.25, 0.3) is 0 Å². The fraction of sp³-hybridized carbons (Fsp3) is 0.355. The van der Waals surface area contributed by atoms with Crippen molar-refractivity contribution < 1.29 is 18.0 Å². The van der Waals surface area contributed by atoms with Gasteiger partial charge in [0.15, 0.2) is 0 Å². The molecule has 3 aromatic rings. The van der Waals surface area contributed by atoms with Gasteiger partial charge in [-0.15, -0.1) is 0 Å². The van der Waals surface area contributed by atoms with E-state index < -0.39 is 28.5 Å². The Morgan fingerprint density at radius 3 is 2.24 bits per heavy atom. The highest BCUT2D eigenvalue weighted by atomic mass is 35.5. The van der Waals surface area contributed by atoms with E-state index in [4.69, 9.17) is 23.2 Å². The van der Waals surface area contributed by atoms with Crippen molar-refractivity contribution in [2.75, 3.05) is 10.8 Å². The lowest BCUT2D eigenvalue weighted by Crippen LogP contribution is -2.53. The molecule has 1 fully saturated rings. The fourth-order valence-electron chi connectivity index (χ4n) is 5.15. The van der Waals surface area contributed by atoms with Crippen molar-refractivity contribution in [1.29, 1.82) is 0 Å². The Morgan fingerprint density at radius 1 is 0.951 bits per heavy atom. The minimum absolute atomic E-state index is 0.0235. The number of anilines is 1. The summed E-state index contributed by atoms with van der Waals surface area (Å²) >= 11 is 12.4. The maximum Gasteiger partial charge on any atom is 0.264 e. The molecule has 0 saturated heterocycles. The zero-order valence-corrected chi connectivity index (χ0v) is 25.6. The monoisotopic (exact) mass is 615 g/mol. The van der Waals surface area contributed by atoms with Crippen molar-refractivity contribution in [3.05, 3.63) is 94.0 Å². The second-order valence-electron chi connectivity index (χ2n) is 10.3. The van der Waals surface area contributed by atoms with Crippen LogP contribution in [0.5, 0.6) is 0 Å². The van der Waals surface area contributed by atoms with Gasteiger partial charge in [0.1, 0.15) is 12.6 Å². The largest absolute Gasteiger partial charge is 0.352 e. The van der Waals surface area contributed by atoms with Crippen LogP contribution in [0.15, 0.2) is 77.7 Å². The Bertz CT molecular complexity index is 1480. The predicted molar refractivity (Wildman–Crippen MR) is 164 cm³/mol. The topological polar surface area (TPSA) is 86.8 Å². The molecule has 7 nitrogen and oxygen atoms in total. The Morgan fingerprint density at radius 2 is 1.61 bits per heavy atom. The molecule has 0 heterocycles. The molecular weight excluding hydrogens is 581 g/mol. The molecule has 0 aromatic heterocycles. The van der Waals surface area contributed by atoms with E-state index in [1.807, 2.05) is 38.1 Å². The zero-order chi connectivity index (χ0) is 29.6. The number of amides is 2. The number of carbonyl (C=O) groups is 2. The van der Waals surface area contributed by atoms with Crippen molar-refractivity contribution in [3.63, 3.8) is 0 Å². The molecule has 41 heavy (non-hydrogen) atoms. The molecule has 0 radical (unpaired) electrons. The summed E-state index contributed by atoms with van der Waals surface area (Å²) in [7, 11) is -4.18. The molecule has 10 heteroatoms. The molecule has 0 bridgehead atoms. The number of nitrogens with zero attached hydrogens (tertiary/aromatic N) is 2. The molecular formula is C31H35Cl2N3O4S. The van der Waals surface area contributed by atoms with E-state index in [0.717, 1.165) is 41.1 Å². The van der Waals surface area contributed by atoms with Crippen molar-refractivity contribution in [2.45, 2.75) is 69.5 Å². The number of hydrogen-bond donors (Lipinski definition) is 1. The molecule has 1 atom stereocenters. The highest BCUT2D eigenvalue weighted by Crippen LogP contribution is 2.31. The van der Waals surface area contributed by atoms with E-state index in [1.54, 1.807) is 18.2 Å². The SMILES string of the molecule is CC[C@H](C(=O)NC1CCCC1)N(Cc1ccccc1C)C(=O)CN(c1ccc(Cl)c(Cl)c1)S(=O)(=O)c1ccccc1. The third kappa shape index (κ3) is 7.42. The second kappa shape index (κ2) is 13.7. The molecule has 2 amide bonds. The first-order valence-corrected chi connectivity index (χ1v) is 16.0. The third-order valence-corrected chi connectivity index (χ3v) is 10.0. The summed E-state index contributed by atoms with van der Waals surface area (Å²) in [5.74, 6) is -0.736. The van der Waals surface area contributed by atoms with Crippen molar-refractivity contribution in [2.24, 2.45) is 0 Å². The van der Waals surface area contributed by atoms with Gasteiger partial charge in [-0.05, 0) is 67.6 Å². The second-order valence-corrected chi connectivity index (χ2v) is 13.0. The number of carbonyl (C=O) groups excluding carboxylic acids is 2. The smallest absolute Gasteiger partial charge is 0.264 e. The highest BCUT2D eigenvalue weighted by molar-refractivity contribution is 7.92. The fourth-order valence-corrected chi connectivity index (χ4v) is 6.87. The molecule has 3 aromatic carbocycles. The highest BCUT2D eigenvalue weighted by Gasteiger charge is 2.34. The Labute approximate surface area is 252 Å². The Hall–Kier alpha value is -3.07. The standard InChI is InChI=1S/C31H35Cl2N3O4S/c1-3-29(31(38)34-24-13-9-10-14-24)35(20-23-12-8-7-11-22(23)2)30(37)21-36(25-17-18-27(32)28(33)19-25)41(39,40)26-15-5-4-6-16-26/h4-8,11-12,15-19,24,29H,3,9-10,13-14,20-21H2,1-2H3,(H,34,38)/t29-/m1/s1. The van der Waals surface area contributed by atoms with Crippen LogP contribution in [0.1, 0.15) is 50.2 Å². The summed E-state index contributed by atoms with van der Waals surface area (Å²) in [6, 6.07) is 19.3. The van der Waals surface area contributed by atoms with E-state index in [9.17, 15) is 18.0 Å². The molecule has 1 aliphatic carbocycles. The van der Waals surface area contributed by atoms with Crippen LogP contribution in [0, 0.1) is 6.92 Å². The summed E-state index contributed by atoms with van der Waals surface area (Å²) < 4.78 is 28.8. The summed E-state index contributed by atoms with van der Waals surface area (Å²) in [6.45, 7) is 3.42. The van der Waals surface area contributed by atoms with Gasteiger partial charge in [0.2, 0.25) is 11.8 Å². The van der Waals surface area contributed by atoms with Gasteiger partial charge in [0.25, 0.3) is 10.0 Å².